The van der Waals surface area contributed by atoms with Crippen LogP contribution in [0, 0.1) is 13.8 Å². The molecule has 0 spiro atoms. The van der Waals surface area contributed by atoms with E-state index in [1.54, 1.807) is 6.92 Å². The van der Waals surface area contributed by atoms with Gasteiger partial charge in [-0.25, -0.2) is 8.42 Å². The van der Waals surface area contributed by atoms with Crippen LogP contribution in [0.2, 0.25) is 0 Å². The summed E-state index contributed by atoms with van der Waals surface area (Å²) in [7, 11) is -4.05. The minimum absolute atomic E-state index is 0.0135. The summed E-state index contributed by atoms with van der Waals surface area (Å²) in [5, 5.41) is 3.07. The predicted molar refractivity (Wildman–Crippen MR) is 141 cm³/mol. The second kappa shape index (κ2) is 10.2. The van der Waals surface area contributed by atoms with Crippen molar-refractivity contribution in [3.63, 3.8) is 0 Å². The molecule has 0 amide bonds. The van der Waals surface area contributed by atoms with Crippen LogP contribution in [0.4, 0.5) is 18.9 Å². The number of thiophene rings is 1. The standard InChI is InChI=1S/C24H24BrF3N2O3S3/c1-14-4-6-17(10-15(14)2)34-22-19(25)12-21(35-22)36(31,32)30-16-5-7-18(24(26,27)28)20(11-16)33-23(3)8-9-29-13-23/h4-7,10-12,29-30H,8-9,13H2,1-3H3/t23-/m1/s1. The topological polar surface area (TPSA) is 67.4 Å². The number of hydrogen-bond acceptors (Lipinski definition) is 6. The van der Waals surface area contributed by atoms with Gasteiger partial charge < -0.3 is 10.1 Å². The van der Waals surface area contributed by atoms with Crippen LogP contribution in [0.3, 0.4) is 0 Å². The lowest BCUT2D eigenvalue weighted by molar-refractivity contribution is -0.139. The first-order valence-electron chi connectivity index (χ1n) is 10.9. The maximum atomic E-state index is 13.6. The van der Waals surface area contributed by atoms with Gasteiger partial charge in [0.2, 0.25) is 0 Å². The molecule has 2 heterocycles. The second-order valence-corrected chi connectivity index (χ2v) is 14.0. The molecule has 2 N–H and O–H groups in total. The molecular formula is C24H24BrF3N2O3S3. The Morgan fingerprint density at radius 1 is 1.14 bits per heavy atom. The third kappa shape index (κ3) is 6.21. The van der Waals surface area contributed by atoms with E-state index in [2.05, 4.69) is 26.0 Å². The first-order valence-corrected chi connectivity index (χ1v) is 14.8. The highest BCUT2D eigenvalue weighted by molar-refractivity contribution is 9.10. The summed E-state index contributed by atoms with van der Waals surface area (Å²) < 4.78 is 76.6. The van der Waals surface area contributed by atoms with Crippen molar-refractivity contribution in [2.24, 2.45) is 0 Å². The van der Waals surface area contributed by atoms with E-state index < -0.39 is 33.1 Å². The Bertz CT molecular complexity index is 1380. The van der Waals surface area contributed by atoms with Crippen LogP contribution < -0.4 is 14.8 Å². The van der Waals surface area contributed by atoms with E-state index in [9.17, 15) is 21.6 Å². The van der Waals surface area contributed by atoms with Crippen molar-refractivity contribution < 1.29 is 26.3 Å². The zero-order valence-corrected chi connectivity index (χ0v) is 23.7. The molecule has 0 unspecified atom stereocenters. The van der Waals surface area contributed by atoms with Crippen molar-refractivity contribution in [1.82, 2.24) is 5.32 Å². The summed E-state index contributed by atoms with van der Waals surface area (Å²) >= 11 is 5.94. The van der Waals surface area contributed by atoms with Gasteiger partial charge in [0.15, 0.2) is 0 Å². The Morgan fingerprint density at radius 2 is 1.89 bits per heavy atom. The minimum atomic E-state index is -4.64. The number of hydrogen-bond donors (Lipinski definition) is 2. The maximum absolute atomic E-state index is 13.6. The molecule has 1 aromatic heterocycles. The SMILES string of the molecule is Cc1ccc(Sc2sc(S(=O)(=O)Nc3ccc(C(F)(F)F)c(O[C@]4(C)CCNC4)c3)cc2Br)cc1C. The first kappa shape index (κ1) is 27.3. The Labute approximate surface area is 225 Å². The summed E-state index contributed by atoms with van der Waals surface area (Å²) in [6.07, 6.45) is -4.11. The molecule has 1 aliphatic heterocycles. The van der Waals surface area contributed by atoms with Crippen molar-refractivity contribution in [3.8, 4) is 5.75 Å². The number of sulfonamides is 1. The number of nitrogens with one attached hydrogen (secondary N) is 2. The van der Waals surface area contributed by atoms with E-state index >= 15 is 0 Å². The second-order valence-electron chi connectivity index (χ2n) is 8.84. The smallest absolute Gasteiger partial charge is 0.419 e. The summed E-state index contributed by atoms with van der Waals surface area (Å²) in [5.74, 6) is -0.410. The number of alkyl halides is 3. The van der Waals surface area contributed by atoms with Crippen molar-refractivity contribution >= 4 is 54.7 Å². The summed E-state index contributed by atoms with van der Waals surface area (Å²) in [6.45, 7) is 6.77. The Kier molecular flexibility index (Phi) is 7.74. The molecule has 36 heavy (non-hydrogen) atoms. The molecular weight excluding hydrogens is 597 g/mol. The molecule has 0 radical (unpaired) electrons. The van der Waals surface area contributed by atoms with Gasteiger partial charge in [0.25, 0.3) is 10.0 Å². The molecule has 194 valence electrons. The lowest BCUT2D eigenvalue weighted by Gasteiger charge is -2.27. The Balaban J connectivity index is 1.59. The van der Waals surface area contributed by atoms with Crippen LogP contribution in [0.1, 0.15) is 30.0 Å². The van der Waals surface area contributed by atoms with E-state index in [0.717, 1.165) is 49.8 Å². The third-order valence-electron chi connectivity index (χ3n) is 5.81. The van der Waals surface area contributed by atoms with Crippen LogP contribution in [0.15, 0.2) is 60.3 Å². The average molecular weight is 622 g/mol. The van der Waals surface area contributed by atoms with Crippen LogP contribution in [0.5, 0.6) is 5.75 Å². The molecule has 12 heteroatoms. The highest BCUT2D eigenvalue weighted by Gasteiger charge is 2.38. The van der Waals surface area contributed by atoms with E-state index in [1.165, 1.54) is 17.8 Å². The van der Waals surface area contributed by atoms with Crippen molar-refractivity contribution in [2.75, 3.05) is 17.8 Å². The fourth-order valence-corrected chi connectivity index (χ4v) is 8.46. The van der Waals surface area contributed by atoms with Crippen LogP contribution in [-0.4, -0.2) is 27.1 Å². The normalized spacial score (nSPS) is 18.4. The molecule has 1 aliphatic rings. The average Bonchev–Trinajstić information content (AvgIpc) is 3.36. The zero-order valence-electron chi connectivity index (χ0n) is 19.6. The summed E-state index contributed by atoms with van der Waals surface area (Å²) in [5.41, 5.74) is 0.501. The number of anilines is 1. The highest BCUT2D eigenvalue weighted by atomic mass is 79.9. The van der Waals surface area contributed by atoms with Gasteiger partial charge in [-0.1, -0.05) is 17.8 Å². The molecule has 0 bridgehead atoms. The van der Waals surface area contributed by atoms with Crippen molar-refractivity contribution in [1.29, 1.82) is 0 Å². The first-order chi connectivity index (χ1) is 16.8. The predicted octanol–water partition coefficient (Wildman–Crippen LogP) is 7.23. The molecule has 0 saturated carbocycles. The lowest BCUT2D eigenvalue weighted by atomic mass is 10.1. The van der Waals surface area contributed by atoms with Gasteiger partial charge in [-0.3, -0.25) is 4.72 Å². The minimum Gasteiger partial charge on any atom is -0.485 e. The van der Waals surface area contributed by atoms with E-state index in [1.807, 2.05) is 32.0 Å². The molecule has 3 aromatic rings. The Hall–Kier alpha value is -1.73. The largest absolute Gasteiger partial charge is 0.485 e. The fraction of sp³-hybridized carbons (Fsp3) is 0.333. The van der Waals surface area contributed by atoms with Crippen molar-refractivity contribution in [3.05, 3.63) is 63.6 Å². The van der Waals surface area contributed by atoms with Crippen molar-refractivity contribution in [2.45, 2.75) is 52.3 Å². The molecule has 5 nitrogen and oxygen atoms in total. The molecule has 1 fully saturated rings. The number of rotatable bonds is 7. The van der Waals surface area contributed by atoms with Gasteiger partial charge in [-0.05, 0) is 84.7 Å². The highest BCUT2D eigenvalue weighted by Crippen LogP contribution is 2.43. The Morgan fingerprint density at radius 3 is 2.53 bits per heavy atom. The third-order valence-corrected chi connectivity index (χ3v) is 11.1. The van der Waals surface area contributed by atoms with Gasteiger partial charge in [0.1, 0.15) is 15.6 Å². The zero-order chi connectivity index (χ0) is 26.3. The number of aryl methyl sites for hydroxylation is 2. The molecule has 2 aromatic carbocycles. The van der Waals surface area contributed by atoms with E-state index in [-0.39, 0.29) is 9.90 Å². The molecule has 4 rings (SSSR count). The number of ether oxygens (including phenoxy) is 1. The van der Waals surface area contributed by atoms with Gasteiger partial charge in [0.05, 0.1) is 15.5 Å². The summed E-state index contributed by atoms with van der Waals surface area (Å²) in [4.78, 5) is 0.969. The van der Waals surface area contributed by atoms with Crippen LogP contribution in [-0.2, 0) is 16.2 Å². The molecule has 0 aliphatic carbocycles. The quantitative estimate of drug-likeness (QED) is 0.292. The van der Waals surface area contributed by atoms with Gasteiger partial charge in [0, 0.05) is 28.4 Å². The molecule has 1 atom stereocenters. The van der Waals surface area contributed by atoms with Gasteiger partial charge in [-0.2, -0.15) is 13.2 Å². The monoisotopic (exact) mass is 620 g/mol. The summed E-state index contributed by atoms with van der Waals surface area (Å²) in [6, 6.07) is 10.5. The number of benzene rings is 2. The van der Waals surface area contributed by atoms with Gasteiger partial charge >= 0.3 is 6.18 Å². The maximum Gasteiger partial charge on any atom is 0.419 e. The van der Waals surface area contributed by atoms with Gasteiger partial charge in [-0.15, -0.1) is 11.3 Å². The fourth-order valence-electron chi connectivity index (χ4n) is 3.67. The van der Waals surface area contributed by atoms with E-state index in [4.69, 9.17) is 4.74 Å². The van der Waals surface area contributed by atoms with Crippen LogP contribution >= 0.6 is 39.0 Å². The molecule has 1 saturated heterocycles. The lowest BCUT2D eigenvalue weighted by Crippen LogP contribution is -2.35. The number of halogens is 4. The van der Waals surface area contributed by atoms with E-state index in [0.29, 0.717) is 24.0 Å². The van der Waals surface area contributed by atoms with Crippen LogP contribution in [0.25, 0.3) is 0 Å².